The summed E-state index contributed by atoms with van der Waals surface area (Å²) in [6.07, 6.45) is 2.84. The first-order valence-electron chi connectivity index (χ1n) is 4.41. The number of rotatable bonds is 3. The van der Waals surface area contributed by atoms with Gasteiger partial charge in [0.05, 0.1) is 12.0 Å². The molecule has 0 aromatic carbocycles. The number of hydrogen-bond acceptors (Lipinski definition) is 5. The van der Waals surface area contributed by atoms with Crippen LogP contribution in [0.25, 0.3) is 5.82 Å². The fraction of sp³-hybridized carbons (Fsp3) is 0.111. The van der Waals surface area contributed by atoms with Crippen LogP contribution in [0.1, 0.15) is 0 Å². The van der Waals surface area contributed by atoms with Crippen LogP contribution < -0.4 is 4.74 Å². The molecule has 7 nitrogen and oxygen atoms in total. The molecule has 2 aromatic rings. The predicted octanol–water partition coefficient (Wildman–Crippen LogP) is 1.18. The van der Waals surface area contributed by atoms with Crippen molar-refractivity contribution in [1.82, 2.24) is 14.8 Å². The highest BCUT2D eigenvalue weighted by Crippen LogP contribution is 2.13. The van der Waals surface area contributed by atoms with Crippen LogP contribution in [0.3, 0.4) is 0 Å². The molecular weight excluding hydrogens is 212 g/mol. The van der Waals surface area contributed by atoms with E-state index in [9.17, 15) is 10.1 Å². The third kappa shape index (κ3) is 1.83. The molecule has 0 spiro atoms. The fourth-order valence-electron chi connectivity index (χ4n) is 1.17. The van der Waals surface area contributed by atoms with Crippen molar-refractivity contribution in [3.8, 4) is 11.7 Å². The van der Waals surface area contributed by atoms with Gasteiger partial charge < -0.3 is 4.74 Å². The van der Waals surface area contributed by atoms with Gasteiger partial charge in [0.15, 0.2) is 5.82 Å². The van der Waals surface area contributed by atoms with E-state index in [0.29, 0.717) is 11.7 Å². The monoisotopic (exact) mass is 220 g/mol. The Morgan fingerprint density at radius 1 is 1.44 bits per heavy atom. The third-order valence-corrected chi connectivity index (χ3v) is 1.95. The molecule has 2 aromatic heterocycles. The summed E-state index contributed by atoms with van der Waals surface area (Å²) in [6.45, 7) is 0. The van der Waals surface area contributed by atoms with Gasteiger partial charge >= 0.3 is 0 Å². The van der Waals surface area contributed by atoms with Crippen LogP contribution in [0.4, 0.5) is 5.69 Å². The maximum Gasteiger partial charge on any atom is 0.287 e. The average molecular weight is 220 g/mol. The number of aromatic nitrogens is 3. The van der Waals surface area contributed by atoms with Gasteiger partial charge in [0.1, 0.15) is 6.20 Å². The maximum atomic E-state index is 10.4. The average Bonchev–Trinajstić information content (AvgIpc) is 2.77. The number of nitro groups is 1. The Kier molecular flexibility index (Phi) is 2.50. The molecule has 0 fully saturated rings. The molecule has 2 rings (SSSR count). The minimum absolute atomic E-state index is 0.0529. The van der Waals surface area contributed by atoms with E-state index in [4.69, 9.17) is 4.74 Å². The van der Waals surface area contributed by atoms with Crippen molar-refractivity contribution in [3.05, 3.63) is 40.7 Å². The lowest BCUT2D eigenvalue weighted by Crippen LogP contribution is -1.99. The number of pyridine rings is 1. The molecule has 0 aliphatic carbocycles. The highest BCUT2D eigenvalue weighted by atomic mass is 16.6. The van der Waals surface area contributed by atoms with Gasteiger partial charge in [-0.3, -0.25) is 10.1 Å². The predicted molar refractivity (Wildman–Crippen MR) is 54.6 cm³/mol. The smallest absolute Gasteiger partial charge is 0.287 e. The van der Waals surface area contributed by atoms with Crippen LogP contribution in [0.15, 0.2) is 30.6 Å². The van der Waals surface area contributed by atoms with Gasteiger partial charge in [0.2, 0.25) is 5.88 Å². The highest BCUT2D eigenvalue weighted by Gasteiger charge is 2.07. The number of ether oxygens (including phenoxy) is 1. The Balaban J connectivity index is 2.30. The highest BCUT2D eigenvalue weighted by molar-refractivity contribution is 5.32. The van der Waals surface area contributed by atoms with Crippen LogP contribution >= 0.6 is 0 Å². The molecule has 0 radical (unpaired) electrons. The molecule has 0 unspecified atom stereocenters. The maximum absolute atomic E-state index is 10.4. The van der Waals surface area contributed by atoms with Gasteiger partial charge in [0, 0.05) is 18.3 Å². The van der Waals surface area contributed by atoms with E-state index in [2.05, 4.69) is 10.1 Å². The first kappa shape index (κ1) is 10.1. The van der Waals surface area contributed by atoms with Crippen LogP contribution in [0.2, 0.25) is 0 Å². The lowest BCUT2D eigenvalue weighted by molar-refractivity contribution is -0.385. The topological polar surface area (TPSA) is 83.1 Å². The van der Waals surface area contributed by atoms with Crippen molar-refractivity contribution in [2.45, 2.75) is 0 Å². The van der Waals surface area contributed by atoms with E-state index in [-0.39, 0.29) is 5.69 Å². The molecule has 0 saturated carbocycles. The first-order valence-corrected chi connectivity index (χ1v) is 4.41. The molecular formula is C9H8N4O3. The number of hydrogen-bond donors (Lipinski definition) is 0. The van der Waals surface area contributed by atoms with Crippen molar-refractivity contribution in [2.24, 2.45) is 0 Å². The summed E-state index contributed by atoms with van der Waals surface area (Å²) < 4.78 is 6.39. The van der Waals surface area contributed by atoms with Crippen molar-refractivity contribution in [2.75, 3.05) is 7.11 Å². The van der Waals surface area contributed by atoms with Gasteiger partial charge in [-0.15, -0.1) is 5.10 Å². The van der Waals surface area contributed by atoms with Crippen molar-refractivity contribution in [3.63, 3.8) is 0 Å². The molecule has 7 heteroatoms. The minimum Gasteiger partial charge on any atom is -0.480 e. The lowest BCUT2D eigenvalue weighted by Gasteiger charge is -1.98. The standard InChI is InChI=1S/C9H8N4O3/c1-16-9-4-5-12(11-9)8-3-2-7(6-10-8)13(14)15/h2-6H,1H3. The summed E-state index contributed by atoms with van der Waals surface area (Å²) in [5, 5.41) is 14.5. The van der Waals surface area contributed by atoms with Crippen LogP contribution in [0.5, 0.6) is 5.88 Å². The summed E-state index contributed by atoms with van der Waals surface area (Å²) >= 11 is 0. The number of nitrogens with zero attached hydrogens (tertiary/aromatic N) is 4. The Morgan fingerprint density at radius 2 is 2.25 bits per heavy atom. The summed E-state index contributed by atoms with van der Waals surface area (Å²) in [5.74, 6) is 0.953. The first-order chi connectivity index (χ1) is 7.70. The van der Waals surface area contributed by atoms with Gasteiger partial charge in [-0.25, -0.2) is 9.67 Å². The SMILES string of the molecule is COc1ccn(-c2ccc([N+](=O)[O-])cn2)n1. The zero-order valence-electron chi connectivity index (χ0n) is 8.40. The molecule has 0 saturated heterocycles. The minimum atomic E-state index is -0.500. The number of methoxy groups -OCH3 is 1. The second-order valence-corrected chi connectivity index (χ2v) is 2.93. The van der Waals surface area contributed by atoms with E-state index in [1.54, 1.807) is 12.3 Å². The summed E-state index contributed by atoms with van der Waals surface area (Å²) in [7, 11) is 1.51. The molecule has 0 aliphatic heterocycles. The van der Waals surface area contributed by atoms with E-state index < -0.39 is 4.92 Å². The van der Waals surface area contributed by atoms with E-state index in [1.165, 1.54) is 30.1 Å². The fourth-order valence-corrected chi connectivity index (χ4v) is 1.17. The second-order valence-electron chi connectivity index (χ2n) is 2.93. The van der Waals surface area contributed by atoms with Crippen LogP contribution in [0, 0.1) is 10.1 Å². The molecule has 16 heavy (non-hydrogen) atoms. The molecule has 2 heterocycles. The van der Waals surface area contributed by atoms with Crippen molar-refractivity contribution in [1.29, 1.82) is 0 Å². The largest absolute Gasteiger partial charge is 0.480 e. The van der Waals surface area contributed by atoms with Crippen molar-refractivity contribution >= 4 is 5.69 Å². The third-order valence-electron chi connectivity index (χ3n) is 1.95. The van der Waals surface area contributed by atoms with Gasteiger partial charge in [-0.2, -0.15) is 0 Å². The molecule has 0 N–H and O–H groups in total. The normalized spacial score (nSPS) is 10.1. The van der Waals surface area contributed by atoms with E-state index in [0.717, 1.165) is 0 Å². The molecule has 0 amide bonds. The molecule has 0 bridgehead atoms. The summed E-state index contributed by atoms with van der Waals surface area (Å²) in [4.78, 5) is 13.8. The second kappa shape index (κ2) is 3.97. The Bertz CT molecular complexity index is 506. The van der Waals surface area contributed by atoms with Crippen molar-refractivity contribution < 1.29 is 9.66 Å². The molecule has 82 valence electrons. The Hall–Kier alpha value is -2.44. The molecule has 0 aliphatic rings. The zero-order chi connectivity index (χ0) is 11.5. The summed E-state index contributed by atoms with van der Waals surface area (Å²) in [5.41, 5.74) is -0.0529. The van der Waals surface area contributed by atoms with E-state index in [1.807, 2.05) is 0 Å². The van der Waals surface area contributed by atoms with Crippen LogP contribution in [-0.4, -0.2) is 26.8 Å². The van der Waals surface area contributed by atoms with E-state index >= 15 is 0 Å². The lowest BCUT2D eigenvalue weighted by atomic mass is 10.4. The Labute approximate surface area is 90.4 Å². The Morgan fingerprint density at radius 3 is 2.75 bits per heavy atom. The van der Waals surface area contributed by atoms with Gasteiger partial charge in [-0.05, 0) is 6.07 Å². The quantitative estimate of drug-likeness (QED) is 0.573. The van der Waals surface area contributed by atoms with Gasteiger partial charge in [0.25, 0.3) is 5.69 Å². The summed E-state index contributed by atoms with van der Waals surface area (Å²) in [6, 6.07) is 4.56. The zero-order valence-corrected chi connectivity index (χ0v) is 8.40. The van der Waals surface area contributed by atoms with Crippen LogP contribution in [-0.2, 0) is 0 Å². The van der Waals surface area contributed by atoms with Gasteiger partial charge in [-0.1, -0.05) is 0 Å². The molecule has 0 atom stereocenters.